The molecule has 43 heavy (non-hydrogen) atoms. The number of halogens is 4. The predicted octanol–water partition coefficient (Wildman–Crippen LogP) is 8.45. The second kappa shape index (κ2) is 25.5. The monoisotopic (exact) mass is 666 g/mol. The molecule has 0 bridgehead atoms. The molecule has 228 valence electrons. The topological polar surface area (TPSA) is 42.5 Å². The van der Waals surface area contributed by atoms with Gasteiger partial charge >= 0.3 is 21.7 Å². The number of hydrogen-bond donors (Lipinski definition) is 2. The molecule has 0 spiro atoms. The van der Waals surface area contributed by atoms with Crippen LogP contribution in [0.3, 0.4) is 0 Å². The third kappa shape index (κ3) is 20.5. The Morgan fingerprint density at radius 2 is 1.02 bits per heavy atom. The van der Waals surface area contributed by atoms with E-state index in [-0.39, 0.29) is 43.6 Å². The minimum atomic E-state index is -0.889. The van der Waals surface area contributed by atoms with Crippen molar-refractivity contribution >= 4 is 34.8 Å². The van der Waals surface area contributed by atoms with Crippen LogP contribution in [-0.4, -0.2) is 23.4 Å². The van der Waals surface area contributed by atoms with Crippen LogP contribution in [-0.2, 0) is 21.7 Å². The van der Waals surface area contributed by atoms with Crippen LogP contribution >= 0.6 is 24.4 Å². The van der Waals surface area contributed by atoms with Crippen molar-refractivity contribution in [2.24, 2.45) is 0 Å². The van der Waals surface area contributed by atoms with Crippen molar-refractivity contribution in [1.29, 1.82) is 0 Å². The molecule has 0 saturated carbocycles. The van der Waals surface area contributed by atoms with Gasteiger partial charge in [0.15, 0.2) is 0 Å². The Hall–Kier alpha value is -3.05. The van der Waals surface area contributed by atoms with E-state index >= 15 is 0 Å². The molecule has 0 aliphatic rings. The van der Waals surface area contributed by atoms with Crippen LogP contribution in [0, 0.1) is 35.4 Å². The van der Waals surface area contributed by atoms with E-state index in [4.69, 9.17) is 33.9 Å². The van der Waals surface area contributed by atoms with Gasteiger partial charge in [-0.3, -0.25) is 0 Å². The van der Waals surface area contributed by atoms with Crippen LogP contribution in [0.5, 0.6) is 11.5 Å². The summed E-state index contributed by atoms with van der Waals surface area (Å²) in [6.45, 7) is 5.42. The van der Waals surface area contributed by atoms with Crippen LogP contribution in [0.25, 0.3) is 0 Å². The van der Waals surface area contributed by atoms with Gasteiger partial charge in [-0.1, -0.05) is 26.7 Å². The summed E-state index contributed by atoms with van der Waals surface area (Å²) >= 11 is 9.67. The van der Waals surface area contributed by atoms with Gasteiger partial charge in [-0.05, 0) is 37.3 Å². The molecule has 0 unspecified atom stereocenters. The molecule has 0 aromatic heterocycles. The Morgan fingerprint density at radius 3 is 1.28 bits per heavy atom. The molecule has 0 fully saturated rings. The van der Waals surface area contributed by atoms with Crippen molar-refractivity contribution in [3.8, 4) is 11.5 Å². The molecule has 2 N–H and O–H groups in total. The number of unbranched alkanes of at least 4 members (excludes halogenated alkanes) is 2. The zero-order chi connectivity index (χ0) is 31.0. The predicted molar refractivity (Wildman–Crippen MR) is 167 cm³/mol. The Morgan fingerprint density at radius 1 is 0.674 bits per heavy atom. The molecule has 4 nitrogen and oxygen atoms in total. The third-order valence-electron chi connectivity index (χ3n) is 4.77. The molecular weight excluding hydrogens is 632 g/mol. The summed E-state index contributed by atoms with van der Waals surface area (Å²) in [5.41, 5.74) is 0. The van der Waals surface area contributed by atoms with E-state index in [1.807, 2.05) is 86.6 Å². The van der Waals surface area contributed by atoms with E-state index in [1.54, 1.807) is 0 Å². The van der Waals surface area contributed by atoms with Crippen LogP contribution in [0.4, 0.5) is 17.6 Å². The minimum Gasteiger partial charge on any atom is -0.493 e. The first kappa shape index (κ1) is 40.0. The molecule has 0 atom stereocenters. The summed E-state index contributed by atoms with van der Waals surface area (Å²) in [5.74, 6) is -3.57. The van der Waals surface area contributed by atoms with Gasteiger partial charge in [-0.25, -0.2) is 41.8 Å². The maximum Gasteiger partial charge on any atom is 4.00 e. The number of ether oxygens (including phenoxy) is 2. The van der Waals surface area contributed by atoms with Gasteiger partial charge in [-0.2, -0.15) is 36.4 Å². The first-order chi connectivity index (χ1) is 20.3. The Bertz CT molecular complexity index is 1130. The summed E-state index contributed by atoms with van der Waals surface area (Å²) in [5, 5.41) is 5.77. The standard InChI is InChI=1S/2C11H12F2NOS.2C5H5.Ti/c2*1-2-3-6-14-11(16)15-10-5-4-8(12)7-9(10)13;2*1-2-4-5-3-1;/h2*4-5H,2-3,6H2,1H3,(H,14,16);2*1-5H;/q4*-1;+4. The average Bonchev–Trinajstić information content (AvgIpc) is 3.73. The Labute approximate surface area is 277 Å². The number of rotatable bonds is 8. The van der Waals surface area contributed by atoms with Gasteiger partial charge in [-0.15, -0.1) is 36.4 Å². The fourth-order valence-electron chi connectivity index (χ4n) is 2.67. The normalized spacial score (nSPS) is 9.26. The number of thiocarbonyl (C=S) groups is 2. The van der Waals surface area contributed by atoms with E-state index in [0.29, 0.717) is 13.1 Å². The molecule has 0 saturated heterocycles. The SMILES string of the molecule is CCCCNC(=S)Oc1ccc(F)[c-]c1F.CCCCNC(=S)Oc1ccc(F)[c-]c1F.[Ti+4].c1cc[cH-]c1.c1cc[cH-]c1. The number of hydrogen-bond acceptors (Lipinski definition) is 4. The summed E-state index contributed by atoms with van der Waals surface area (Å²) in [7, 11) is 0. The van der Waals surface area contributed by atoms with E-state index in [9.17, 15) is 17.6 Å². The van der Waals surface area contributed by atoms with E-state index in [0.717, 1.165) is 37.8 Å². The zero-order valence-electron chi connectivity index (χ0n) is 24.0. The van der Waals surface area contributed by atoms with Crippen LogP contribution in [0.1, 0.15) is 39.5 Å². The fourth-order valence-corrected chi connectivity index (χ4v) is 3.05. The molecular formula is C32H34F4N2O2S2Ti. The minimum absolute atomic E-state index is 0. The van der Waals surface area contributed by atoms with Crippen molar-refractivity contribution in [3.05, 3.63) is 120 Å². The Kier molecular flexibility index (Phi) is 23.6. The summed E-state index contributed by atoms with van der Waals surface area (Å²) in [6.07, 6.45) is 3.94. The fraction of sp³-hybridized carbons (Fsp3) is 0.250. The molecule has 0 radical (unpaired) electrons. The van der Waals surface area contributed by atoms with Crippen LogP contribution in [0.2, 0.25) is 0 Å². The van der Waals surface area contributed by atoms with Crippen molar-refractivity contribution in [2.45, 2.75) is 39.5 Å². The first-order valence-electron chi connectivity index (χ1n) is 13.3. The van der Waals surface area contributed by atoms with Gasteiger partial charge in [0, 0.05) is 24.7 Å². The van der Waals surface area contributed by atoms with E-state index in [2.05, 4.69) is 10.6 Å². The maximum absolute atomic E-state index is 13.1. The van der Waals surface area contributed by atoms with Crippen molar-refractivity contribution in [3.63, 3.8) is 0 Å². The summed E-state index contributed by atoms with van der Waals surface area (Å²) in [4.78, 5) is 0. The van der Waals surface area contributed by atoms with E-state index in [1.165, 1.54) is 12.1 Å². The largest absolute Gasteiger partial charge is 4.00 e. The second-order valence-corrected chi connectivity index (χ2v) is 8.97. The number of nitrogens with one attached hydrogen (secondary N) is 2. The second-order valence-electron chi connectivity index (χ2n) is 8.23. The molecule has 0 aliphatic heterocycles. The molecule has 0 aliphatic carbocycles. The number of benzene rings is 2. The molecule has 0 heterocycles. The van der Waals surface area contributed by atoms with Gasteiger partial charge in [0.1, 0.15) is 0 Å². The van der Waals surface area contributed by atoms with Gasteiger partial charge in [0.25, 0.3) is 0 Å². The van der Waals surface area contributed by atoms with Crippen molar-refractivity contribution in [1.82, 2.24) is 10.6 Å². The first-order valence-corrected chi connectivity index (χ1v) is 14.1. The third-order valence-corrected chi connectivity index (χ3v) is 5.22. The van der Waals surface area contributed by atoms with Gasteiger partial charge in [0.2, 0.25) is 10.3 Å². The summed E-state index contributed by atoms with van der Waals surface area (Å²) < 4.78 is 61.2. The Balaban J connectivity index is 0.000000608. The molecule has 11 heteroatoms. The molecule has 4 rings (SSSR count). The van der Waals surface area contributed by atoms with Gasteiger partial charge in [0.05, 0.1) is 23.1 Å². The van der Waals surface area contributed by atoms with Gasteiger partial charge < -0.3 is 20.1 Å². The van der Waals surface area contributed by atoms with Crippen LogP contribution in [0.15, 0.2) is 84.9 Å². The molecule has 0 amide bonds. The van der Waals surface area contributed by atoms with Crippen molar-refractivity contribution in [2.75, 3.05) is 13.1 Å². The zero-order valence-corrected chi connectivity index (χ0v) is 27.2. The van der Waals surface area contributed by atoms with E-state index < -0.39 is 23.3 Å². The summed E-state index contributed by atoms with van der Waals surface area (Å²) in [6, 6.07) is 28.2. The molecule has 4 aromatic carbocycles. The molecule has 4 aromatic rings. The average molecular weight is 667 g/mol. The quantitative estimate of drug-likeness (QED) is 0.0647. The van der Waals surface area contributed by atoms with Crippen molar-refractivity contribution < 1.29 is 48.8 Å². The van der Waals surface area contributed by atoms with Crippen LogP contribution < -0.4 is 20.1 Å². The smallest absolute Gasteiger partial charge is 0.493 e. The maximum atomic E-state index is 13.1.